The summed E-state index contributed by atoms with van der Waals surface area (Å²) in [4.78, 5) is 16.3. The Hall–Kier alpha value is -1.03. The van der Waals surface area contributed by atoms with Gasteiger partial charge in [-0.2, -0.15) is 0 Å². The first-order valence-corrected chi connectivity index (χ1v) is 2.27. The number of rotatable bonds is 0. The molecular formula is C5H23ClN4O5. The van der Waals surface area contributed by atoms with E-state index in [1.54, 1.807) is 0 Å². The van der Waals surface area contributed by atoms with Crippen molar-refractivity contribution in [1.29, 1.82) is 2.86 Å². The van der Waals surface area contributed by atoms with Crippen molar-refractivity contribution < 1.29 is 23.6 Å². The van der Waals surface area contributed by atoms with Crippen molar-refractivity contribution in [3.8, 4) is 0 Å². The topological polar surface area (TPSA) is 170 Å². The van der Waals surface area contributed by atoms with Crippen molar-refractivity contribution in [1.82, 2.24) is 0 Å². The lowest BCUT2D eigenvalue weighted by Gasteiger charge is -1.63. The van der Waals surface area contributed by atoms with Crippen LogP contribution in [-0.2, 0) is 0 Å². The third kappa shape index (κ3) is 1470. The molecule has 0 aliphatic heterocycles. The molecular weight excluding hydrogens is 232 g/mol. The van der Waals surface area contributed by atoms with E-state index in [1.165, 1.54) is 7.05 Å². The molecule has 15 heavy (non-hydrogen) atoms. The van der Waals surface area contributed by atoms with Gasteiger partial charge in [-0.3, -0.25) is 20.2 Å². The van der Waals surface area contributed by atoms with E-state index in [-0.39, 0.29) is 19.8 Å². The van der Waals surface area contributed by atoms with Crippen molar-refractivity contribution in [3.63, 3.8) is 0 Å². The molecule has 0 atom stereocenters. The first-order chi connectivity index (χ1) is 9.09. The van der Waals surface area contributed by atoms with Crippen molar-refractivity contribution in [2.45, 2.75) is 7.43 Å². The molecule has 0 aliphatic carbocycles. The Morgan fingerprint density at radius 1 is 1.27 bits per heavy atom. The maximum atomic E-state index is 9.26. The molecule has 100 valence electrons. The molecule has 0 saturated carbocycles. The average molecular weight is 263 g/mol. The van der Waals surface area contributed by atoms with Gasteiger partial charge in [-0.05, 0) is 14.0 Å². The molecule has 0 radical (unpaired) electrons. The molecule has 0 bridgehead atoms. The highest BCUT2D eigenvalue weighted by molar-refractivity contribution is 5.85. The summed E-state index contributed by atoms with van der Waals surface area (Å²) in [6.07, 6.45) is 0. The van der Waals surface area contributed by atoms with Crippen LogP contribution in [0, 0.1) is 20.2 Å². The molecule has 0 unspecified atom stereocenters. The Morgan fingerprint density at radius 2 is 1.33 bits per heavy atom. The van der Waals surface area contributed by atoms with Crippen LogP contribution in [0.15, 0.2) is 0 Å². The van der Waals surface area contributed by atoms with E-state index in [9.17, 15) is 10.1 Å². The van der Waals surface area contributed by atoms with Crippen LogP contribution < -0.4 is 11.5 Å². The molecule has 0 aromatic carbocycles. The van der Waals surface area contributed by atoms with Gasteiger partial charge in [0.15, 0.2) is 14.0 Å². The number of nitrogens with zero attached hydrogens (tertiary/aromatic N) is 2. The van der Waals surface area contributed by atoms with Gasteiger partial charge in [-0.25, -0.2) is 0 Å². The average Bonchev–Trinajstić information content (AvgIpc) is 2.16. The zero-order chi connectivity index (χ0) is 18.9. The molecule has 0 heterocycles. The molecule has 9 nitrogen and oxygen atoms in total. The van der Waals surface area contributed by atoms with Crippen molar-refractivity contribution in [2.24, 2.45) is 11.5 Å². The van der Waals surface area contributed by atoms with Crippen LogP contribution in [-0.4, -0.2) is 46.2 Å². The molecule has 0 aromatic heterocycles. The van der Waals surface area contributed by atoms with Crippen molar-refractivity contribution >= 4 is 12.4 Å². The van der Waals surface area contributed by atoms with Gasteiger partial charge in [-0.15, -0.1) is 12.4 Å². The van der Waals surface area contributed by atoms with Crippen LogP contribution in [0.2, 0.25) is 0 Å². The fraction of sp³-hybridized carbons (Fsp3) is 1.00. The smallest absolute Gasteiger partial charge is 0.206 e. The molecule has 10 heteroatoms. The van der Waals surface area contributed by atoms with Crippen molar-refractivity contribution in [2.75, 3.05) is 28.0 Å². The van der Waals surface area contributed by atoms with E-state index in [4.69, 9.17) is 21.2 Å². The normalized spacial score (nSPS) is 13.1. The lowest BCUT2D eigenvalue weighted by Crippen LogP contribution is -1.79. The Balaban J connectivity index is -0.0000000289. The summed E-state index contributed by atoms with van der Waals surface area (Å²) in [7, 11) is 2.39. The summed E-state index contributed by atoms with van der Waals surface area (Å²) in [5.74, 6) is 0. The highest BCUT2D eigenvalue weighted by atomic mass is 35.5. The second-order valence-electron chi connectivity index (χ2n) is 0.697. The quantitative estimate of drug-likeness (QED) is 0.426. The summed E-state index contributed by atoms with van der Waals surface area (Å²) in [5.41, 5.74) is 11.6. The lowest BCUT2D eigenvalue weighted by atomic mass is 11.5. The van der Waals surface area contributed by atoms with Crippen molar-refractivity contribution in [3.05, 3.63) is 20.2 Å². The number of nitrogens with two attached hydrogens (primary N) is 2. The first-order valence-electron chi connectivity index (χ1n) is 6.08. The molecule has 0 aliphatic rings. The summed E-state index contributed by atoms with van der Waals surface area (Å²) in [5, 5.41) is 18.1. The van der Waals surface area contributed by atoms with Crippen LogP contribution in [0.5, 0.6) is 0 Å². The lowest BCUT2D eigenvalue weighted by molar-refractivity contribution is -0.445. The van der Waals surface area contributed by atoms with E-state index in [0.717, 1.165) is 7.05 Å². The fourth-order valence-electron chi connectivity index (χ4n) is 0. The van der Waals surface area contributed by atoms with Crippen LogP contribution in [0.3, 0.4) is 0 Å². The molecule has 0 spiro atoms. The van der Waals surface area contributed by atoms with Gasteiger partial charge in [-0.1, -0.05) is 7.43 Å². The van der Waals surface area contributed by atoms with Gasteiger partial charge in [0.05, 0.1) is 0 Å². The summed E-state index contributed by atoms with van der Waals surface area (Å²) >= 11 is 0. The van der Waals surface area contributed by atoms with E-state index < -0.39 is 23.8 Å². The Labute approximate surface area is 107 Å². The van der Waals surface area contributed by atoms with Gasteiger partial charge in [0.1, 0.15) is 4.11 Å². The number of hydrogen-bond donors (Lipinski definition) is 2. The summed E-state index contributed by atoms with van der Waals surface area (Å²) < 4.78 is 47.0. The maximum absolute atomic E-state index is 9.26. The van der Waals surface area contributed by atoms with Gasteiger partial charge in [0.25, 0.3) is 0 Å². The van der Waals surface area contributed by atoms with E-state index >= 15 is 0 Å². The Morgan fingerprint density at radius 3 is 1.33 bits per heavy atom. The maximum Gasteiger partial charge on any atom is 0.206 e. The zero-order valence-corrected chi connectivity index (χ0v) is 8.32. The predicted octanol–water partition coefficient (Wildman–Crippen LogP) is -0.831. The number of hydrogen-bond acceptors (Lipinski definition) is 6. The second kappa shape index (κ2) is 75.2. The SMILES string of the molecule is C.CN.C[N+](=O)[O-].Cl.[2H]C([2H])([2H])N.[2H]C([2H])([2H])[N+](=O)[O-].[2H]O[2H]. The summed E-state index contributed by atoms with van der Waals surface area (Å²) in [6, 6.07) is 0. The summed E-state index contributed by atoms with van der Waals surface area (Å²) in [6.45, 7) is -5.28. The molecule has 0 fully saturated rings. The van der Waals surface area contributed by atoms with Crippen LogP contribution in [0.1, 0.15) is 15.7 Å². The molecule has 0 saturated heterocycles. The number of nitro groups is 2. The predicted molar refractivity (Wildman–Crippen MR) is 63.7 cm³/mol. The molecule has 0 amide bonds. The number of halogens is 1. The Bertz CT molecular complexity index is 244. The zero-order valence-electron chi connectivity index (χ0n) is 15.5. The minimum Gasteiger partial charge on any atom is -0.412 e. The van der Waals surface area contributed by atoms with Crippen LogP contribution in [0.25, 0.3) is 0 Å². The molecule has 0 rings (SSSR count). The van der Waals surface area contributed by atoms with Gasteiger partial charge in [0.2, 0.25) is 2.86 Å². The second-order valence-corrected chi connectivity index (χ2v) is 0.697. The van der Waals surface area contributed by atoms with E-state index in [2.05, 4.69) is 16.9 Å². The Kier molecular flexibility index (Phi) is 52.6. The van der Waals surface area contributed by atoms with E-state index in [0.29, 0.717) is 0 Å². The van der Waals surface area contributed by atoms with Gasteiger partial charge in [0, 0.05) is 14.0 Å². The largest absolute Gasteiger partial charge is 0.412 e. The van der Waals surface area contributed by atoms with Gasteiger partial charge >= 0.3 is 0 Å². The van der Waals surface area contributed by atoms with Crippen LogP contribution in [0.4, 0.5) is 0 Å². The van der Waals surface area contributed by atoms with E-state index in [1.807, 2.05) is 0 Å². The molecule has 0 aromatic rings. The third-order valence-corrected chi connectivity index (χ3v) is 0. The highest BCUT2D eigenvalue weighted by Crippen LogP contribution is 1.40. The fourth-order valence-corrected chi connectivity index (χ4v) is 0. The minimum absolute atomic E-state index is 0. The van der Waals surface area contributed by atoms with Gasteiger partial charge < -0.3 is 16.9 Å². The minimum atomic E-state index is -3.03. The highest BCUT2D eigenvalue weighted by Gasteiger charge is 1.57. The van der Waals surface area contributed by atoms with Crippen LogP contribution >= 0.6 is 12.4 Å². The molecule has 6 N–H and O–H groups in total. The standard InChI is InChI=1S/2CH3NO2.2CH5N.CH4.ClH.H2O/c2*1-2(3)4;2*1-2;;;/h2*1H3;2*2H2,1H3;1H4;1H;1H2/i1D3;;1D3;;;;/hD2. The third-order valence-electron chi connectivity index (χ3n) is 0. The monoisotopic (exact) mass is 262 g/mol. The first kappa shape index (κ1) is 10.5.